The van der Waals surface area contributed by atoms with Gasteiger partial charge in [0.2, 0.25) is 11.9 Å². The quantitative estimate of drug-likeness (QED) is 0.595. The minimum Gasteiger partial charge on any atom is -0.369 e. The van der Waals surface area contributed by atoms with Crippen molar-refractivity contribution < 1.29 is 19.7 Å². The van der Waals surface area contributed by atoms with E-state index < -0.39 is 11.9 Å². The van der Waals surface area contributed by atoms with Crippen LogP contribution in [0.5, 0.6) is 0 Å². The summed E-state index contributed by atoms with van der Waals surface area (Å²) in [7, 11) is 1.66. The molecule has 1 saturated heterocycles. The van der Waals surface area contributed by atoms with Crippen molar-refractivity contribution >= 4 is 5.91 Å². The van der Waals surface area contributed by atoms with Crippen LogP contribution in [0.2, 0.25) is 0 Å². The Morgan fingerprint density at radius 2 is 2.23 bits per heavy atom. The third-order valence-electron chi connectivity index (χ3n) is 5.93. The van der Waals surface area contributed by atoms with Crippen molar-refractivity contribution in [2.75, 3.05) is 20.2 Å². The first-order valence-corrected chi connectivity index (χ1v) is 10.4. The standard InChI is InChI=1S/C23H27N3O4/c1-4-30-21(27)20-19-15(2)8-9-18(19)26(24-20)17-7-5-6-16(14-17)10-11-23(29)12-13-25(3)22(23)28/h5-7,14-15,21,27,29H,4,8-9,12-13H2,1-3H3/t15?,21?,23-/m0/s1. The summed E-state index contributed by atoms with van der Waals surface area (Å²) in [5.41, 5.74) is 2.59. The van der Waals surface area contributed by atoms with Gasteiger partial charge in [-0.15, -0.1) is 0 Å². The minimum atomic E-state index is -1.62. The van der Waals surface area contributed by atoms with Gasteiger partial charge in [-0.3, -0.25) is 4.79 Å². The molecule has 4 rings (SSSR count). The van der Waals surface area contributed by atoms with Gasteiger partial charge in [0.15, 0.2) is 0 Å². The molecule has 1 aliphatic heterocycles. The molecule has 2 heterocycles. The summed E-state index contributed by atoms with van der Waals surface area (Å²) in [6.45, 7) is 4.87. The van der Waals surface area contributed by atoms with Crippen LogP contribution in [0.3, 0.4) is 0 Å². The smallest absolute Gasteiger partial charge is 0.267 e. The highest BCUT2D eigenvalue weighted by Gasteiger charge is 2.42. The summed E-state index contributed by atoms with van der Waals surface area (Å²) in [6, 6.07) is 7.52. The zero-order valence-electron chi connectivity index (χ0n) is 17.6. The van der Waals surface area contributed by atoms with E-state index in [0.717, 1.165) is 29.8 Å². The molecule has 1 aromatic carbocycles. The van der Waals surface area contributed by atoms with E-state index >= 15 is 0 Å². The Kier molecular flexibility index (Phi) is 5.41. The van der Waals surface area contributed by atoms with Crippen molar-refractivity contribution in [3.63, 3.8) is 0 Å². The highest BCUT2D eigenvalue weighted by molar-refractivity contribution is 5.90. The largest absolute Gasteiger partial charge is 0.369 e. The summed E-state index contributed by atoms with van der Waals surface area (Å²) in [4.78, 5) is 13.6. The first-order chi connectivity index (χ1) is 14.3. The van der Waals surface area contributed by atoms with Crippen LogP contribution < -0.4 is 0 Å². The Bertz CT molecular complexity index is 1030. The second-order valence-electron chi connectivity index (χ2n) is 8.04. The Labute approximate surface area is 176 Å². The summed E-state index contributed by atoms with van der Waals surface area (Å²) < 4.78 is 7.25. The highest BCUT2D eigenvalue weighted by Crippen LogP contribution is 2.39. The second kappa shape index (κ2) is 7.88. The molecule has 7 nitrogen and oxygen atoms in total. The molecule has 1 aromatic heterocycles. The molecule has 7 heteroatoms. The fourth-order valence-electron chi connectivity index (χ4n) is 4.25. The lowest BCUT2D eigenvalue weighted by atomic mass is 10.0. The number of hydrogen-bond acceptors (Lipinski definition) is 5. The lowest BCUT2D eigenvalue weighted by Gasteiger charge is -2.13. The Morgan fingerprint density at radius 3 is 2.93 bits per heavy atom. The summed E-state index contributed by atoms with van der Waals surface area (Å²) in [6.07, 6.45) is 1.13. The molecule has 0 spiro atoms. The SMILES string of the molecule is CCOC(O)c1nn(-c2cccc(C#C[C@]3(O)CCN(C)C3=O)c2)c2c1C(C)CC2. The maximum atomic E-state index is 12.1. The van der Waals surface area contributed by atoms with E-state index in [9.17, 15) is 15.0 Å². The van der Waals surface area contributed by atoms with Crippen LogP contribution >= 0.6 is 0 Å². The van der Waals surface area contributed by atoms with Crippen LogP contribution in [0.1, 0.15) is 61.4 Å². The molecule has 3 atom stereocenters. The van der Waals surface area contributed by atoms with Gasteiger partial charge in [0, 0.05) is 43.4 Å². The van der Waals surface area contributed by atoms with Crippen molar-refractivity contribution in [2.45, 2.75) is 50.9 Å². The van der Waals surface area contributed by atoms with Crippen LogP contribution in [-0.4, -0.2) is 56.6 Å². The van der Waals surface area contributed by atoms with Crippen molar-refractivity contribution in [3.8, 4) is 17.5 Å². The number of fused-ring (bicyclic) bond motifs is 1. The fourth-order valence-corrected chi connectivity index (χ4v) is 4.25. The van der Waals surface area contributed by atoms with E-state index in [1.54, 1.807) is 7.05 Å². The predicted octanol–water partition coefficient (Wildman–Crippen LogP) is 1.89. The van der Waals surface area contributed by atoms with E-state index in [0.29, 0.717) is 36.7 Å². The van der Waals surface area contributed by atoms with Crippen molar-refractivity contribution in [1.29, 1.82) is 0 Å². The van der Waals surface area contributed by atoms with E-state index in [4.69, 9.17) is 4.74 Å². The monoisotopic (exact) mass is 409 g/mol. The molecule has 1 aliphatic carbocycles. The van der Waals surface area contributed by atoms with Gasteiger partial charge in [0.05, 0.1) is 5.69 Å². The van der Waals surface area contributed by atoms with Gasteiger partial charge in [-0.05, 0) is 43.9 Å². The topological polar surface area (TPSA) is 87.8 Å². The molecule has 0 saturated carbocycles. The van der Waals surface area contributed by atoms with E-state index in [2.05, 4.69) is 23.9 Å². The highest BCUT2D eigenvalue weighted by atomic mass is 16.6. The molecule has 1 amide bonds. The summed E-state index contributed by atoms with van der Waals surface area (Å²) in [5, 5.41) is 25.6. The van der Waals surface area contributed by atoms with Gasteiger partial charge < -0.3 is 19.8 Å². The minimum absolute atomic E-state index is 0.304. The maximum absolute atomic E-state index is 12.1. The number of likely N-dealkylation sites (N-methyl/N-ethyl adjacent to an activating group) is 1. The number of benzene rings is 1. The third-order valence-corrected chi connectivity index (χ3v) is 5.93. The molecule has 30 heavy (non-hydrogen) atoms. The molecule has 0 radical (unpaired) electrons. The molecule has 2 unspecified atom stereocenters. The van der Waals surface area contributed by atoms with Crippen molar-refractivity contribution in [2.24, 2.45) is 0 Å². The number of aromatic nitrogens is 2. The first kappa shape index (κ1) is 20.6. The number of carbonyl (C=O) groups is 1. The van der Waals surface area contributed by atoms with Gasteiger partial charge >= 0.3 is 0 Å². The average Bonchev–Trinajstić information content (AvgIpc) is 3.38. The Morgan fingerprint density at radius 1 is 1.43 bits per heavy atom. The van der Waals surface area contributed by atoms with Gasteiger partial charge in [-0.25, -0.2) is 4.68 Å². The number of aliphatic hydroxyl groups excluding tert-OH is 1. The zero-order valence-corrected chi connectivity index (χ0v) is 17.6. The molecule has 158 valence electrons. The number of hydrogen-bond donors (Lipinski definition) is 2. The van der Waals surface area contributed by atoms with Crippen LogP contribution in [0.15, 0.2) is 24.3 Å². The van der Waals surface area contributed by atoms with Gasteiger partial charge in [0.25, 0.3) is 5.91 Å². The van der Waals surface area contributed by atoms with Gasteiger partial charge in [-0.1, -0.05) is 24.8 Å². The number of aliphatic hydroxyl groups is 2. The number of amides is 1. The van der Waals surface area contributed by atoms with E-state index in [1.807, 2.05) is 35.9 Å². The average molecular weight is 409 g/mol. The molecule has 2 N–H and O–H groups in total. The molecule has 2 aliphatic rings. The summed E-state index contributed by atoms with van der Waals surface area (Å²) in [5.74, 6) is 5.65. The number of nitrogens with zero attached hydrogens (tertiary/aromatic N) is 3. The second-order valence-corrected chi connectivity index (χ2v) is 8.04. The third kappa shape index (κ3) is 3.52. The zero-order chi connectivity index (χ0) is 21.5. The summed E-state index contributed by atoms with van der Waals surface area (Å²) >= 11 is 0. The maximum Gasteiger partial charge on any atom is 0.267 e. The van der Waals surface area contributed by atoms with E-state index in [1.165, 1.54) is 4.90 Å². The van der Waals surface area contributed by atoms with Gasteiger partial charge in [-0.2, -0.15) is 5.10 Å². The van der Waals surface area contributed by atoms with Crippen LogP contribution in [0.25, 0.3) is 5.69 Å². The molecule has 2 aromatic rings. The van der Waals surface area contributed by atoms with Crippen molar-refractivity contribution in [3.05, 3.63) is 46.8 Å². The van der Waals surface area contributed by atoms with Crippen molar-refractivity contribution in [1.82, 2.24) is 14.7 Å². The molecular weight excluding hydrogens is 382 g/mol. The number of likely N-dealkylation sites (tertiary alicyclic amines) is 1. The van der Waals surface area contributed by atoms with Crippen LogP contribution in [-0.2, 0) is 16.0 Å². The molecule has 0 bridgehead atoms. The molecule has 1 fully saturated rings. The number of ether oxygens (including phenoxy) is 1. The Hall–Kier alpha value is -2.66. The first-order valence-electron chi connectivity index (χ1n) is 10.4. The van der Waals surface area contributed by atoms with Crippen LogP contribution in [0.4, 0.5) is 0 Å². The van der Waals surface area contributed by atoms with E-state index in [-0.39, 0.29) is 5.91 Å². The van der Waals surface area contributed by atoms with Crippen LogP contribution in [0, 0.1) is 11.8 Å². The lowest BCUT2D eigenvalue weighted by Crippen LogP contribution is -2.37. The lowest BCUT2D eigenvalue weighted by molar-refractivity contribution is -0.137. The molecular formula is C23H27N3O4. The van der Waals surface area contributed by atoms with Gasteiger partial charge in [0.1, 0.15) is 5.69 Å². The fraction of sp³-hybridized carbons (Fsp3) is 0.478. The number of rotatable bonds is 4. The predicted molar refractivity (Wildman–Crippen MR) is 111 cm³/mol. The number of carbonyl (C=O) groups excluding carboxylic acids is 1. The Balaban J connectivity index is 1.69. The normalized spacial score (nSPS) is 24.0.